The first-order chi connectivity index (χ1) is 16.9. The van der Waals surface area contributed by atoms with Crippen LogP contribution in [0.2, 0.25) is 0 Å². The number of nitrogens with zero attached hydrogens (tertiary/aromatic N) is 4. The second kappa shape index (κ2) is 9.97. The minimum atomic E-state index is -4.93. The number of alkyl halides is 5. The maximum atomic E-state index is 13.5. The van der Waals surface area contributed by atoms with Gasteiger partial charge in [-0.2, -0.15) is 18.3 Å². The smallest absolute Gasteiger partial charge is 0.373 e. The van der Waals surface area contributed by atoms with Gasteiger partial charge in [-0.25, -0.2) is 23.0 Å². The summed E-state index contributed by atoms with van der Waals surface area (Å²) in [6.07, 6.45) is -8.11. The molecule has 2 aliphatic rings. The van der Waals surface area contributed by atoms with Crippen molar-refractivity contribution in [2.24, 2.45) is 0 Å². The quantitative estimate of drug-likeness (QED) is 0.611. The number of halogens is 6. The van der Waals surface area contributed by atoms with Crippen LogP contribution in [0.15, 0.2) is 18.2 Å². The Labute approximate surface area is 200 Å². The van der Waals surface area contributed by atoms with E-state index in [0.29, 0.717) is 23.4 Å². The van der Waals surface area contributed by atoms with Gasteiger partial charge in [0.25, 0.3) is 12.3 Å². The molecule has 3 heterocycles. The molecule has 4 rings (SSSR count). The number of rotatable bonds is 5. The number of urea groups is 1. The molecule has 0 spiro atoms. The normalized spacial score (nSPS) is 18.2. The summed E-state index contributed by atoms with van der Waals surface area (Å²) in [5.74, 6) is -2.04. The molecule has 0 saturated heterocycles. The van der Waals surface area contributed by atoms with E-state index >= 15 is 0 Å². The van der Waals surface area contributed by atoms with E-state index in [1.165, 1.54) is 16.6 Å². The number of anilines is 1. The zero-order valence-electron chi connectivity index (χ0n) is 18.8. The maximum Gasteiger partial charge on any atom is 0.419 e. The van der Waals surface area contributed by atoms with Crippen LogP contribution in [-0.2, 0) is 35.3 Å². The van der Waals surface area contributed by atoms with Crippen molar-refractivity contribution in [3.05, 3.63) is 46.5 Å². The molecule has 0 unspecified atom stereocenters. The number of carbonyl (C=O) groups is 2. The van der Waals surface area contributed by atoms with E-state index in [0.717, 1.165) is 11.1 Å². The van der Waals surface area contributed by atoms with Crippen molar-refractivity contribution in [1.29, 1.82) is 0 Å². The molecule has 0 fully saturated rings. The summed E-state index contributed by atoms with van der Waals surface area (Å²) in [5.41, 5.74) is -0.636. The summed E-state index contributed by atoms with van der Waals surface area (Å²) in [7, 11) is 1.34. The molecule has 3 amide bonds. The molecular weight excluding hydrogens is 500 g/mol. The third-order valence-electron chi connectivity index (χ3n) is 5.63. The zero-order chi connectivity index (χ0) is 26.2. The summed E-state index contributed by atoms with van der Waals surface area (Å²) in [4.78, 5) is 32.5. The molecule has 1 aromatic heterocycles. The highest BCUT2D eigenvalue weighted by molar-refractivity contribution is 5.94. The van der Waals surface area contributed by atoms with Gasteiger partial charge >= 0.3 is 12.2 Å². The van der Waals surface area contributed by atoms with Crippen LogP contribution in [0.3, 0.4) is 0 Å². The lowest BCUT2D eigenvalue weighted by Gasteiger charge is -2.27. The van der Waals surface area contributed by atoms with Crippen LogP contribution in [0.4, 0.5) is 36.8 Å². The van der Waals surface area contributed by atoms with Crippen molar-refractivity contribution in [2.75, 3.05) is 32.1 Å². The summed E-state index contributed by atoms with van der Waals surface area (Å²) in [6.45, 7) is -0.885. The van der Waals surface area contributed by atoms with E-state index in [2.05, 4.69) is 10.4 Å². The van der Waals surface area contributed by atoms with E-state index in [-0.39, 0.29) is 44.0 Å². The molecule has 0 bridgehead atoms. The number of hydroxylamine groups is 2. The van der Waals surface area contributed by atoms with Gasteiger partial charge in [0.05, 0.1) is 31.0 Å². The predicted molar refractivity (Wildman–Crippen MR) is 111 cm³/mol. The number of fused-ring (bicyclic) bond motifs is 3. The lowest BCUT2D eigenvalue weighted by atomic mass is 10.1. The molecule has 0 radical (unpaired) electrons. The topological polar surface area (TPSA) is 88.9 Å². The van der Waals surface area contributed by atoms with Crippen molar-refractivity contribution in [2.45, 2.75) is 38.2 Å². The van der Waals surface area contributed by atoms with Gasteiger partial charge in [0.1, 0.15) is 24.2 Å². The highest BCUT2D eigenvalue weighted by Gasteiger charge is 2.37. The van der Waals surface area contributed by atoms with Crippen molar-refractivity contribution in [3.63, 3.8) is 0 Å². The van der Waals surface area contributed by atoms with E-state index in [9.17, 15) is 35.9 Å². The molecule has 2 aromatic rings. The Hall–Kier alpha value is -3.33. The monoisotopic (exact) mass is 521 g/mol. The molecular formula is C21H21F6N5O4. The summed E-state index contributed by atoms with van der Waals surface area (Å²) < 4.78 is 83.6. The SMILES string of the molecule is CN1O[C@H](COCC(F)F)Cn2nc3c(c2C1=O)CN(C(=O)Nc1ccc(F)c(C(F)(F)F)c1)CC3. The third-order valence-corrected chi connectivity index (χ3v) is 5.63. The number of benzene rings is 1. The van der Waals surface area contributed by atoms with Crippen LogP contribution in [0, 0.1) is 5.82 Å². The molecule has 36 heavy (non-hydrogen) atoms. The van der Waals surface area contributed by atoms with Gasteiger partial charge in [0, 0.05) is 31.3 Å². The predicted octanol–water partition coefficient (Wildman–Crippen LogP) is 3.30. The van der Waals surface area contributed by atoms with Gasteiger partial charge in [0.15, 0.2) is 0 Å². The van der Waals surface area contributed by atoms with E-state index in [1.54, 1.807) is 0 Å². The van der Waals surface area contributed by atoms with Crippen LogP contribution in [0.25, 0.3) is 0 Å². The summed E-state index contributed by atoms with van der Waals surface area (Å²) in [6, 6.07) is 1.38. The van der Waals surface area contributed by atoms with Crippen molar-refractivity contribution in [1.82, 2.24) is 19.7 Å². The largest absolute Gasteiger partial charge is 0.419 e. The number of ether oxygens (including phenoxy) is 1. The molecule has 1 N–H and O–H groups in total. The fourth-order valence-electron chi connectivity index (χ4n) is 4.01. The standard InChI is InChI=1S/C21H21F6N5O4/c1-30-19(33)18-13-8-31(20(34)28-11-2-3-15(22)14(6-11)21(25,26)27)5-4-16(13)29-32(18)7-12(36-30)9-35-10-17(23)24/h2-3,6,12,17H,4-5,7-10H2,1H3,(H,28,34)/t12-/m0/s1. The zero-order valence-corrected chi connectivity index (χ0v) is 18.8. The summed E-state index contributed by atoms with van der Waals surface area (Å²) >= 11 is 0. The lowest BCUT2D eigenvalue weighted by Crippen LogP contribution is -2.39. The molecule has 0 saturated carbocycles. The van der Waals surface area contributed by atoms with Crippen molar-refractivity contribution in [3.8, 4) is 0 Å². The van der Waals surface area contributed by atoms with Crippen LogP contribution in [0.1, 0.15) is 27.3 Å². The molecule has 2 aliphatic heterocycles. The minimum absolute atomic E-state index is 0.0314. The number of hydrogen-bond donors (Lipinski definition) is 1. The number of nitrogens with one attached hydrogen (secondary N) is 1. The van der Waals surface area contributed by atoms with Gasteiger partial charge in [-0.3, -0.25) is 14.3 Å². The Kier molecular flexibility index (Phi) is 7.13. The third kappa shape index (κ3) is 5.41. The lowest BCUT2D eigenvalue weighted by molar-refractivity contribution is -0.169. The van der Waals surface area contributed by atoms with Crippen molar-refractivity contribution < 1.29 is 45.5 Å². The molecule has 196 valence electrons. The van der Waals surface area contributed by atoms with Gasteiger partial charge < -0.3 is 15.0 Å². The second-order valence-corrected chi connectivity index (χ2v) is 8.21. The number of carbonyl (C=O) groups excluding carboxylic acids is 2. The average molecular weight is 521 g/mol. The second-order valence-electron chi connectivity index (χ2n) is 8.21. The van der Waals surface area contributed by atoms with Gasteiger partial charge in [0.2, 0.25) is 0 Å². The Morgan fingerprint density at radius 1 is 1.33 bits per heavy atom. The first kappa shape index (κ1) is 25.8. The van der Waals surface area contributed by atoms with Crippen LogP contribution < -0.4 is 5.32 Å². The first-order valence-corrected chi connectivity index (χ1v) is 10.8. The maximum absolute atomic E-state index is 13.5. The number of hydrogen-bond acceptors (Lipinski definition) is 5. The Morgan fingerprint density at radius 2 is 2.08 bits per heavy atom. The first-order valence-electron chi connectivity index (χ1n) is 10.8. The van der Waals surface area contributed by atoms with E-state index in [4.69, 9.17) is 9.57 Å². The van der Waals surface area contributed by atoms with Crippen LogP contribution >= 0.6 is 0 Å². The molecule has 1 aromatic carbocycles. The fraction of sp³-hybridized carbons (Fsp3) is 0.476. The highest BCUT2D eigenvalue weighted by Crippen LogP contribution is 2.33. The molecule has 15 heteroatoms. The van der Waals surface area contributed by atoms with Gasteiger partial charge in [-0.15, -0.1) is 0 Å². The molecule has 9 nitrogen and oxygen atoms in total. The van der Waals surface area contributed by atoms with Crippen LogP contribution in [-0.4, -0.2) is 71.0 Å². The molecule has 0 aliphatic carbocycles. The fourth-order valence-corrected chi connectivity index (χ4v) is 4.01. The summed E-state index contributed by atoms with van der Waals surface area (Å²) in [5, 5.41) is 7.68. The highest BCUT2D eigenvalue weighted by atomic mass is 19.4. The Morgan fingerprint density at radius 3 is 2.78 bits per heavy atom. The van der Waals surface area contributed by atoms with Crippen LogP contribution in [0.5, 0.6) is 0 Å². The average Bonchev–Trinajstić information content (AvgIpc) is 3.10. The molecule has 1 atom stereocenters. The van der Waals surface area contributed by atoms with Gasteiger partial charge in [-0.05, 0) is 18.2 Å². The van der Waals surface area contributed by atoms with E-state index in [1.807, 2.05) is 0 Å². The van der Waals surface area contributed by atoms with Gasteiger partial charge in [-0.1, -0.05) is 0 Å². The van der Waals surface area contributed by atoms with Crippen molar-refractivity contribution >= 4 is 17.6 Å². The Balaban J connectivity index is 1.50. The minimum Gasteiger partial charge on any atom is -0.373 e. The Bertz CT molecular complexity index is 1150. The number of aromatic nitrogens is 2. The number of amides is 3. The van der Waals surface area contributed by atoms with E-state index < -0.39 is 48.6 Å².